The van der Waals surface area contributed by atoms with E-state index in [1.54, 1.807) is 0 Å². The summed E-state index contributed by atoms with van der Waals surface area (Å²) in [6.07, 6.45) is 3.26. The van der Waals surface area contributed by atoms with Gasteiger partial charge < -0.3 is 10.2 Å². The molecule has 0 aromatic heterocycles. The first-order valence-corrected chi connectivity index (χ1v) is 8.20. The molecule has 1 fully saturated rings. The highest BCUT2D eigenvalue weighted by Crippen LogP contribution is 2.44. The standard InChI is InChI=1S/C19H21N5O/c1-4-18(25)23-14-5-6-24(12-14)17-8-19(2,3)7-15(16(17)11-22)13(9-20)10-21/h4,14H,1,5-8,12H2,2-3H3,(H,23,25). The highest BCUT2D eigenvalue weighted by atomic mass is 16.1. The molecule has 0 spiro atoms. The second-order valence-corrected chi connectivity index (χ2v) is 7.17. The monoisotopic (exact) mass is 335 g/mol. The topological polar surface area (TPSA) is 104 Å². The summed E-state index contributed by atoms with van der Waals surface area (Å²) in [4.78, 5) is 13.6. The minimum Gasteiger partial charge on any atom is -0.372 e. The summed E-state index contributed by atoms with van der Waals surface area (Å²) in [5.41, 5.74) is 1.71. The molecule has 0 bridgehead atoms. The van der Waals surface area contributed by atoms with Gasteiger partial charge >= 0.3 is 0 Å². The van der Waals surface area contributed by atoms with E-state index in [1.165, 1.54) is 6.08 Å². The Balaban J connectivity index is 2.41. The van der Waals surface area contributed by atoms with E-state index in [-0.39, 0.29) is 22.9 Å². The Morgan fingerprint density at radius 3 is 2.56 bits per heavy atom. The molecule has 1 N–H and O–H groups in total. The average molecular weight is 335 g/mol. The predicted octanol–water partition coefficient (Wildman–Crippen LogP) is 2.30. The van der Waals surface area contributed by atoms with Crippen molar-refractivity contribution in [3.63, 3.8) is 0 Å². The maximum Gasteiger partial charge on any atom is 0.243 e. The SMILES string of the molecule is C=CC(=O)NC1CCN(C2=C(C#N)C(=C(C#N)C#N)CC(C)(C)C2)C1. The van der Waals surface area contributed by atoms with Gasteiger partial charge in [0, 0.05) is 30.4 Å². The minimum atomic E-state index is -0.206. The fourth-order valence-corrected chi connectivity index (χ4v) is 3.50. The third kappa shape index (κ3) is 3.90. The number of rotatable bonds is 3. The van der Waals surface area contributed by atoms with E-state index in [1.807, 2.05) is 12.1 Å². The number of hydrogen-bond donors (Lipinski definition) is 1. The zero-order valence-electron chi connectivity index (χ0n) is 14.6. The lowest BCUT2D eigenvalue weighted by Gasteiger charge is -2.37. The van der Waals surface area contributed by atoms with E-state index in [4.69, 9.17) is 0 Å². The summed E-state index contributed by atoms with van der Waals surface area (Å²) in [5.74, 6) is -0.206. The Bertz CT molecular complexity index is 766. The smallest absolute Gasteiger partial charge is 0.243 e. The summed E-state index contributed by atoms with van der Waals surface area (Å²) in [6.45, 7) is 8.93. The quantitative estimate of drug-likeness (QED) is 0.629. The van der Waals surface area contributed by atoms with Gasteiger partial charge in [-0.15, -0.1) is 0 Å². The number of likely N-dealkylation sites (tertiary alicyclic amines) is 1. The summed E-state index contributed by atoms with van der Waals surface area (Å²) in [7, 11) is 0. The first-order chi connectivity index (χ1) is 11.8. The number of nitrogens with one attached hydrogen (secondary N) is 1. The second kappa shape index (κ2) is 7.24. The zero-order valence-corrected chi connectivity index (χ0v) is 14.6. The molecule has 1 unspecified atom stereocenters. The number of nitrogens with zero attached hydrogens (tertiary/aromatic N) is 4. The third-order valence-electron chi connectivity index (χ3n) is 4.63. The van der Waals surface area contributed by atoms with Crippen LogP contribution in [-0.2, 0) is 4.79 Å². The lowest BCUT2D eigenvalue weighted by atomic mass is 9.72. The molecule has 1 aliphatic heterocycles. The molecule has 1 heterocycles. The van der Waals surface area contributed by atoms with Crippen molar-refractivity contribution in [3.05, 3.63) is 35.1 Å². The molecule has 1 amide bonds. The molecule has 1 atom stereocenters. The van der Waals surface area contributed by atoms with Crippen LogP contribution in [0, 0.1) is 39.4 Å². The van der Waals surface area contributed by atoms with Crippen LogP contribution in [0.15, 0.2) is 35.1 Å². The van der Waals surface area contributed by atoms with Crippen molar-refractivity contribution in [2.75, 3.05) is 13.1 Å². The Morgan fingerprint density at radius 2 is 2.00 bits per heavy atom. The van der Waals surface area contributed by atoms with Crippen molar-refractivity contribution in [2.24, 2.45) is 5.41 Å². The first-order valence-electron chi connectivity index (χ1n) is 8.20. The molecule has 0 saturated carbocycles. The number of carbonyl (C=O) groups is 1. The number of amides is 1. The van der Waals surface area contributed by atoms with Gasteiger partial charge in [-0.05, 0) is 30.8 Å². The lowest BCUT2D eigenvalue weighted by Crippen LogP contribution is -2.37. The molecular formula is C19H21N5O. The van der Waals surface area contributed by atoms with Crippen LogP contribution in [0.4, 0.5) is 0 Å². The van der Waals surface area contributed by atoms with Gasteiger partial charge in [-0.25, -0.2) is 0 Å². The van der Waals surface area contributed by atoms with E-state index in [2.05, 4.69) is 36.7 Å². The first kappa shape index (κ1) is 18.3. The zero-order chi connectivity index (χ0) is 18.6. The van der Waals surface area contributed by atoms with Gasteiger partial charge in [-0.1, -0.05) is 20.4 Å². The molecule has 25 heavy (non-hydrogen) atoms. The molecule has 1 aliphatic carbocycles. The van der Waals surface area contributed by atoms with Crippen LogP contribution < -0.4 is 5.32 Å². The number of carbonyl (C=O) groups excluding carboxylic acids is 1. The molecule has 2 aliphatic rings. The van der Waals surface area contributed by atoms with E-state index >= 15 is 0 Å². The Hall–Kier alpha value is -3.04. The molecule has 0 aromatic rings. The van der Waals surface area contributed by atoms with Gasteiger partial charge in [-0.2, -0.15) is 15.8 Å². The summed E-state index contributed by atoms with van der Waals surface area (Å²) in [6, 6.07) is 6.06. The molecule has 1 saturated heterocycles. The maximum absolute atomic E-state index is 11.5. The normalized spacial score (nSPS) is 21.8. The third-order valence-corrected chi connectivity index (χ3v) is 4.63. The molecule has 128 valence electrons. The summed E-state index contributed by atoms with van der Waals surface area (Å²) < 4.78 is 0. The molecule has 6 heteroatoms. The fourth-order valence-electron chi connectivity index (χ4n) is 3.50. The molecule has 0 radical (unpaired) electrons. The van der Waals surface area contributed by atoms with Crippen molar-refractivity contribution >= 4 is 5.91 Å². The molecule has 2 rings (SSSR count). The lowest BCUT2D eigenvalue weighted by molar-refractivity contribution is -0.117. The van der Waals surface area contributed by atoms with E-state index < -0.39 is 0 Å². The van der Waals surface area contributed by atoms with Gasteiger partial charge in [0.25, 0.3) is 0 Å². The fraction of sp³-hybridized carbons (Fsp3) is 0.474. The highest BCUT2D eigenvalue weighted by molar-refractivity contribution is 5.87. The predicted molar refractivity (Wildman–Crippen MR) is 92.2 cm³/mol. The van der Waals surface area contributed by atoms with Crippen molar-refractivity contribution in [1.29, 1.82) is 15.8 Å². The van der Waals surface area contributed by atoms with Gasteiger partial charge in [0.2, 0.25) is 5.91 Å². The van der Waals surface area contributed by atoms with Crippen molar-refractivity contribution in [3.8, 4) is 18.2 Å². The maximum atomic E-state index is 11.5. The second-order valence-electron chi connectivity index (χ2n) is 7.17. The van der Waals surface area contributed by atoms with Crippen molar-refractivity contribution in [1.82, 2.24) is 10.2 Å². The summed E-state index contributed by atoms with van der Waals surface area (Å²) in [5, 5.41) is 31.1. The minimum absolute atomic E-state index is 0.00168. The van der Waals surface area contributed by atoms with Gasteiger partial charge in [0.1, 0.15) is 23.8 Å². The number of allylic oxidation sites excluding steroid dienone is 4. The van der Waals surface area contributed by atoms with Crippen LogP contribution in [0.2, 0.25) is 0 Å². The number of nitriles is 3. The van der Waals surface area contributed by atoms with Crippen molar-refractivity contribution in [2.45, 2.75) is 39.2 Å². The van der Waals surface area contributed by atoms with Crippen molar-refractivity contribution < 1.29 is 4.79 Å². The van der Waals surface area contributed by atoms with Crippen LogP contribution in [-0.4, -0.2) is 29.9 Å². The van der Waals surface area contributed by atoms with Gasteiger partial charge in [-0.3, -0.25) is 4.79 Å². The Morgan fingerprint density at radius 1 is 1.32 bits per heavy atom. The van der Waals surface area contributed by atoms with Crippen LogP contribution in [0.3, 0.4) is 0 Å². The molecular weight excluding hydrogens is 314 g/mol. The van der Waals surface area contributed by atoms with Crippen LogP contribution in [0.1, 0.15) is 33.1 Å². The van der Waals surface area contributed by atoms with E-state index in [9.17, 15) is 20.6 Å². The summed E-state index contributed by atoms with van der Waals surface area (Å²) >= 11 is 0. The van der Waals surface area contributed by atoms with E-state index in [0.29, 0.717) is 30.5 Å². The average Bonchev–Trinajstić information content (AvgIpc) is 3.03. The number of hydrogen-bond acceptors (Lipinski definition) is 5. The largest absolute Gasteiger partial charge is 0.372 e. The molecule has 0 aromatic carbocycles. The Labute approximate surface area is 148 Å². The van der Waals surface area contributed by atoms with Crippen LogP contribution in [0.25, 0.3) is 0 Å². The highest BCUT2D eigenvalue weighted by Gasteiger charge is 2.37. The van der Waals surface area contributed by atoms with E-state index in [0.717, 1.165) is 18.7 Å². The van der Waals surface area contributed by atoms with Gasteiger partial charge in [0.15, 0.2) is 0 Å². The Kier molecular flexibility index (Phi) is 5.30. The van der Waals surface area contributed by atoms with Crippen LogP contribution in [0.5, 0.6) is 0 Å². The van der Waals surface area contributed by atoms with Gasteiger partial charge in [0.05, 0.1) is 5.57 Å². The van der Waals surface area contributed by atoms with Crippen LogP contribution >= 0.6 is 0 Å². The molecule has 6 nitrogen and oxygen atoms in total.